The highest BCUT2D eigenvalue weighted by atomic mass is 32.2. The standard InChI is InChI=1S/C20H31N3O11S2/c24-20(21-8-12-34-19-5-1-2-11-33-19)17-15-16(23(25)26)6-7-18(17)22(9-3-13-35(27,28)29)10-4-14-36(30,31)32/h6-7,15,19H,1-5,8-14H2,(H,21,24)(H,27,28,29)(H,30,31,32). The zero-order chi connectivity index (χ0) is 26.8. The van der Waals surface area contributed by atoms with E-state index in [0.717, 1.165) is 31.4 Å². The predicted octanol–water partition coefficient (Wildman–Crippen LogP) is 1.23. The minimum atomic E-state index is -4.27. The third kappa shape index (κ3) is 11.1. The Labute approximate surface area is 209 Å². The summed E-state index contributed by atoms with van der Waals surface area (Å²) in [4.78, 5) is 25.0. The van der Waals surface area contributed by atoms with Crippen molar-refractivity contribution in [3.8, 4) is 0 Å². The maximum absolute atomic E-state index is 12.9. The lowest BCUT2D eigenvalue weighted by Crippen LogP contribution is -2.34. The SMILES string of the molecule is O=C(NCCOC1CCCCO1)c1cc([N+](=O)[O-])ccc1N(CCCS(=O)(=O)O)CCCS(=O)(=O)O. The van der Waals surface area contributed by atoms with E-state index in [1.807, 2.05) is 0 Å². The molecule has 16 heteroatoms. The van der Waals surface area contributed by atoms with Crippen LogP contribution in [0, 0.1) is 10.1 Å². The molecule has 1 aliphatic heterocycles. The Morgan fingerprint density at radius 1 is 1.14 bits per heavy atom. The molecule has 0 aliphatic carbocycles. The van der Waals surface area contributed by atoms with Crippen molar-refractivity contribution >= 4 is 37.5 Å². The number of anilines is 1. The number of hydrogen-bond donors (Lipinski definition) is 3. The lowest BCUT2D eigenvalue weighted by Gasteiger charge is -2.27. The minimum absolute atomic E-state index is 0.0223. The quantitative estimate of drug-likeness (QED) is 0.121. The van der Waals surface area contributed by atoms with Crippen LogP contribution < -0.4 is 10.2 Å². The first kappa shape index (κ1) is 29.9. The molecule has 1 amide bonds. The number of rotatable bonds is 15. The van der Waals surface area contributed by atoms with Gasteiger partial charge in [0.25, 0.3) is 31.8 Å². The van der Waals surface area contributed by atoms with Gasteiger partial charge in [-0.1, -0.05) is 0 Å². The van der Waals surface area contributed by atoms with Gasteiger partial charge in [-0.05, 0) is 38.2 Å². The zero-order valence-corrected chi connectivity index (χ0v) is 21.2. The lowest BCUT2D eigenvalue weighted by atomic mass is 10.1. The molecule has 204 valence electrons. The summed E-state index contributed by atoms with van der Waals surface area (Å²) in [6, 6.07) is 3.53. The number of nitrogens with zero attached hydrogens (tertiary/aromatic N) is 2. The molecular formula is C20H31N3O11S2. The van der Waals surface area contributed by atoms with Crippen LogP contribution >= 0.6 is 0 Å². The van der Waals surface area contributed by atoms with Gasteiger partial charge in [-0.3, -0.25) is 24.0 Å². The zero-order valence-electron chi connectivity index (χ0n) is 19.6. The van der Waals surface area contributed by atoms with Gasteiger partial charge >= 0.3 is 0 Å². The molecule has 1 unspecified atom stereocenters. The van der Waals surface area contributed by atoms with Crippen LogP contribution in [0.25, 0.3) is 0 Å². The number of carbonyl (C=O) groups is 1. The average molecular weight is 554 g/mol. The second kappa shape index (κ2) is 13.8. The molecule has 0 bridgehead atoms. The third-order valence-electron chi connectivity index (χ3n) is 5.27. The average Bonchev–Trinajstić information content (AvgIpc) is 2.79. The van der Waals surface area contributed by atoms with Crippen molar-refractivity contribution in [3.05, 3.63) is 33.9 Å². The number of nitrogens with one attached hydrogen (secondary N) is 1. The fraction of sp³-hybridized carbons (Fsp3) is 0.650. The number of amides is 1. The van der Waals surface area contributed by atoms with E-state index in [1.165, 1.54) is 11.0 Å². The van der Waals surface area contributed by atoms with Crippen LogP contribution in [0.5, 0.6) is 0 Å². The van der Waals surface area contributed by atoms with Crippen molar-refractivity contribution in [2.45, 2.75) is 38.4 Å². The van der Waals surface area contributed by atoms with Crippen LogP contribution in [-0.4, -0.2) is 87.4 Å². The van der Waals surface area contributed by atoms with E-state index < -0.39 is 42.6 Å². The molecule has 1 aliphatic rings. The number of benzene rings is 1. The van der Waals surface area contributed by atoms with Gasteiger partial charge in [0.05, 0.1) is 34.3 Å². The van der Waals surface area contributed by atoms with Crippen LogP contribution in [0.3, 0.4) is 0 Å². The number of carbonyl (C=O) groups excluding carboxylic acids is 1. The second-order valence-electron chi connectivity index (χ2n) is 8.15. The monoisotopic (exact) mass is 553 g/mol. The van der Waals surface area contributed by atoms with Crippen molar-refractivity contribution in [2.24, 2.45) is 0 Å². The molecular weight excluding hydrogens is 522 g/mol. The summed E-state index contributed by atoms with van der Waals surface area (Å²) < 4.78 is 73.5. The van der Waals surface area contributed by atoms with Gasteiger partial charge in [0, 0.05) is 38.4 Å². The Morgan fingerprint density at radius 3 is 2.31 bits per heavy atom. The number of nitro benzene ring substituents is 1. The summed E-state index contributed by atoms with van der Waals surface area (Å²) in [5.41, 5.74) is -0.247. The number of nitro groups is 1. The molecule has 0 saturated carbocycles. The largest absolute Gasteiger partial charge is 0.371 e. The maximum Gasteiger partial charge on any atom is 0.270 e. The molecule has 0 spiro atoms. The number of ether oxygens (including phenoxy) is 2. The third-order valence-corrected chi connectivity index (χ3v) is 6.88. The Balaban J connectivity index is 2.18. The molecule has 14 nitrogen and oxygen atoms in total. The van der Waals surface area contributed by atoms with Crippen LogP contribution in [0.1, 0.15) is 42.5 Å². The van der Waals surface area contributed by atoms with Gasteiger partial charge in [-0.25, -0.2) is 0 Å². The maximum atomic E-state index is 12.9. The molecule has 1 aromatic carbocycles. The first-order chi connectivity index (χ1) is 16.9. The highest BCUT2D eigenvalue weighted by Gasteiger charge is 2.22. The molecule has 0 radical (unpaired) electrons. The van der Waals surface area contributed by atoms with Crippen molar-refractivity contribution in [1.82, 2.24) is 5.32 Å². The number of non-ortho nitro benzene ring substituents is 1. The molecule has 1 fully saturated rings. The predicted molar refractivity (Wildman–Crippen MR) is 129 cm³/mol. The molecule has 1 aromatic rings. The van der Waals surface area contributed by atoms with Gasteiger partial charge in [-0.15, -0.1) is 0 Å². The van der Waals surface area contributed by atoms with E-state index in [9.17, 15) is 31.7 Å². The van der Waals surface area contributed by atoms with Gasteiger partial charge in [0.15, 0.2) is 6.29 Å². The van der Waals surface area contributed by atoms with Crippen molar-refractivity contribution in [3.63, 3.8) is 0 Å². The van der Waals surface area contributed by atoms with E-state index in [2.05, 4.69) is 5.32 Å². The van der Waals surface area contributed by atoms with Crippen LogP contribution in [-0.2, 0) is 29.7 Å². The van der Waals surface area contributed by atoms with Crippen LogP contribution in [0.15, 0.2) is 18.2 Å². The van der Waals surface area contributed by atoms with E-state index in [4.69, 9.17) is 18.6 Å². The molecule has 3 N–H and O–H groups in total. The summed E-state index contributed by atoms with van der Waals surface area (Å²) in [7, 11) is -8.54. The highest BCUT2D eigenvalue weighted by Crippen LogP contribution is 2.26. The van der Waals surface area contributed by atoms with Gasteiger partial charge in [-0.2, -0.15) is 16.8 Å². The summed E-state index contributed by atoms with van der Waals surface area (Å²) in [6.45, 7) is 0.787. The fourth-order valence-electron chi connectivity index (χ4n) is 3.62. The highest BCUT2D eigenvalue weighted by molar-refractivity contribution is 7.86. The van der Waals surface area contributed by atoms with Crippen LogP contribution in [0.2, 0.25) is 0 Å². The molecule has 1 saturated heterocycles. The van der Waals surface area contributed by atoms with E-state index in [1.54, 1.807) is 0 Å². The van der Waals surface area contributed by atoms with Crippen molar-refractivity contribution in [1.29, 1.82) is 0 Å². The van der Waals surface area contributed by atoms with Gasteiger partial charge in [0.1, 0.15) is 0 Å². The lowest BCUT2D eigenvalue weighted by molar-refractivity contribution is -0.384. The Morgan fingerprint density at radius 2 is 1.78 bits per heavy atom. The Kier molecular flexibility index (Phi) is 11.4. The summed E-state index contributed by atoms with van der Waals surface area (Å²) in [6.07, 6.45) is 2.17. The van der Waals surface area contributed by atoms with E-state index in [-0.39, 0.29) is 62.3 Å². The first-order valence-electron chi connectivity index (χ1n) is 11.3. The fourth-order valence-corrected chi connectivity index (χ4v) is 4.60. The molecule has 1 atom stereocenters. The normalized spacial score (nSPS) is 16.4. The summed E-state index contributed by atoms with van der Waals surface area (Å²) in [5, 5.41) is 13.9. The molecule has 36 heavy (non-hydrogen) atoms. The molecule has 0 aromatic heterocycles. The number of hydrogen-bond acceptors (Lipinski definition) is 10. The topological polar surface area (TPSA) is 203 Å². The Bertz CT molecular complexity index is 1070. The van der Waals surface area contributed by atoms with E-state index in [0.29, 0.717) is 6.61 Å². The summed E-state index contributed by atoms with van der Waals surface area (Å²) >= 11 is 0. The van der Waals surface area contributed by atoms with Gasteiger partial charge < -0.3 is 19.7 Å². The smallest absolute Gasteiger partial charge is 0.270 e. The van der Waals surface area contributed by atoms with Gasteiger partial charge in [0.2, 0.25) is 0 Å². The first-order valence-corrected chi connectivity index (χ1v) is 14.5. The molecule has 2 rings (SSSR count). The Hall–Kier alpha value is -2.37. The summed E-state index contributed by atoms with van der Waals surface area (Å²) in [5.74, 6) is -1.83. The minimum Gasteiger partial charge on any atom is -0.371 e. The second-order valence-corrected chi connectivity index (χ2v) is 11.3. The van der Waals surface area contributed by atoms with Crippen LogP contribution in [0.4, 0.5) is 11.4 Å². The van der Waals surface area contributed by atoms with Crippen molar-refractivity contribution in [2.75, 3.05) is 49.3 Å². The van der Waals surface area contributed by atoms with E-state index >= 15 is 0 Å². The van der Waals surface area contributed by atoms with Crippen molar-refractivity contribution < 1.29 is 45.1 Å². The molecule has 1 heterocycles.